The first-order valence-electron chi connectivity index (χ1n) is 8.89. The van der Waals surface area contributed by atoms with E-state index in [-0.39, 0.29) is 12.1 Å². The number of nitrogens with one attached hydrogen (secondary N) is 2. The van der Waals surface area contributed by atoms with E-state index in [2.05, 4.69) is 16.9 Å². The standard InChI is InChI=1S/C20H22F2N4O2/c1-2-3-10-28-18-7-5-4-6-14(18)11-24-9-8-17(23)20(27)26-19-15(21)12-25-13-16(19)22/h4-7,9,12-13,23H,2-3,8,10-11H2,1H3,(H,25,26,27). The van der Waals surface area contributed by atoms with Gasteiger partial charge in [0.2, 0.25) is 0 Å². The molecule has 0 aliphatic rings. The Balaban J connectivity index is 1.87. The lowest BCUT2D eigenvalue weighted by molar-refractivity contribution is -0.110. The van der Waals surface area contributed by atoms with Crippen LogP contribution < -0.4 is 10.1 Å². The van der Waals surface area contributed by atoms with Crippen LogP contribution in [0.4, 0.5) is 14.5 Å². The largest absolute Gasteiger partial charge is 0.493 e. The van der Waals surface area contributed by atoms with Crippen molar-refractivity contribution in [2.24, 2.45) is 4.99 Å². The number of hydrogen-bond acceptors (Lipinski definition) is 5. The summed E-state index contributed by atoms with van der Waals surface area (Å²) in [5.41, 5.74) is -0.0987. The number of para-hydroxylation sites is 1. The minimum absolute atomic E-state index is 0.0704. The number of aromatic nitrogens is 1. The summed E-state index contributed by atoms with van der Waals surface area (Å²) in [6.07, 6.45) is 4.91. The van der Waals surface area contributed by atoms with E-state index in [1.807, 2.05) is 29.6 Å². The van der Waals surface area contributed by atoms with Crippen LogP contribution in [-0.4, -0.2) is 29.4 Å². The fourth-order valence-electron chi connectivity index (χ4n) is 2.23. The summed E-state index contributed by atoms with van der Waals surface area (Å²) in [5, 5.41) is 9.77. The molecule has 0 unspecified atom stereocenters. The molecule has 2 rings (SSSR count). The molecule has 1 aromatic carbocycles. The van der Waals surface area contributed by atoms with Crippen LogP contribution in [0.3, 0.4) is 0 Å². The van der Waals surface area contributed by atoms with Crippen molar-refractivity contribution in [2.75, 3.05) is 11.9 Å². The second kappa shape index (κ2) is 10.9. The summed E-state index contributed by atoms with van der Waals surface area (Å²) in [6, 6.07) is 7.52. The molecule has 0 aliphatic carbocycles. The number of ether oxygens (including phenoxy) is 1. The average molecular weight is 388 g/mol. The van der Waals surface area contributed by atoms with Gasteiger partial charge < -0.3 is 10.1 Å². The number of carbonyl (C=O) groups excluding carboxylic acids is 1. The van der Waals surface area contributed by atoms with Crippen LogP contribution >= 0.6 is 0 Å². The maximum absolute atomic E-state index is 13.5. The Hall–Kier alpha value is -3.16. The van der Waals surface area contributed by atoms with Gasteiger partial charge in [0.05, 0.1) is 25.5 Å². The highest BCUT2D eigenvalue weighted by molar-refractivity contribution is 6.43. The smallest absolute Gasteiger partial charge is 0.269 e. The van der Waals surface area contributed by atoms with E-state index in [9.17, 15) is 13.6 Å². The lowest BCUT2D eigenvalue weighted by atomic mass is 10.2. The Kier molecular flexibility index (Phi) is 8.20. The van der Waals surface area contributed by atoms with Crippen molar-refractivity contribution in [1.29, 1.82) is 5.41 Å². The van der Waals surface area contributed by atoms with E-state index in [4.69, 9.17) is 10.1 Å². The third-order valence-corrected chi connectivity index (χ3v) is 3.78. The van der Waals surface area contributed by atoms with Crippen LogP contribution in [0.1, 0.15) is 31.7 Å². The molecule has 6 nitrogen and oxygen atoms in total. The van der Waals surface area contributed by atoms with Crippen LogP contribution in [0.15, 0.2) is 41.7 Å². The third-order valence-electron chi connectivity index (χ3n) is 3.78. The zero-order valence-electron chi connectivity index (χ0n) is 15.5. The number of hydrogen-bond donors (Lipinski definition) is 2. The number of unbranched alkanes of at least 4 members (excludes halogenated alkanes) is 1. The summed E-state index contributed by atoms with van der Waals surface area (Å²) in [4.78, 5) is 19.5. The second-order valence-electron chi connectivity index (χ2n) is 5.95. The van der Waals surface area contributed by atoms with Gasteiger partial charge in [-0.1, -0.05) is 31.5 Å². The molecule has 0 atom stereocenters. The highest BCUT2D eigenvalue weighted by atomic mass is 19.1. The molecule has 0 bridgehead atoms. The molecule has 2 N–H and O–H groups in total. The van der Waals surface area contributed by atoms with Gasteiger partial charge in [0, 0.05) is 18.2 Å². The zero-order valence-corrected chi connectivity index (χ0v) is 15.5. The van der Waals surface area contributed by atoms with Gasteiger partial charge >= 0.3 is 0 Å². The number of aliphatic imine (C=N–C) groups is 1. The number of halogens is 2. The molecule has 0 fully saturated rings. The molecular formula is C20H22F2N4O2. The van der Waals surface area contributed by atoms with Gasteiger partial charge in [-0.25, -0.2) is 8.78 Å². The Morgan fingerprint density at radius 1 is 1.29 bits per heavy atom. The monoisotopic (exact) mass is 388 g/mol. The van der Waals surface area contributed by atoms with Gasteiger partial charge in [0.1, 0.15) is 17.1 Å². The Labute approximate surface area is 162 Å². The highest BCUT2D eigenvalue weighted by Gasteiger charge is 2.15. The molecule has 28 heavy (non-hydrogen) atoms. The van der Waals surface area contributed by atoms with Crippen LogP contribution in [0.2, 0.25) is 0 Å². The lowest BCUT2D eigenvalue weighted by Crippen LogP contribution is -2.23. The Morgan fingerprint density at radius 2 is 2.00 bits per heavy atom. The fraction of sp³-hybridized carbons (Fsp3) is 0.300. The molecule has 1 aromatic heterocycles. The first-order valence-corrected chi connectivity index (χ1v) is 8.89. The van der Waals surface area contributed by atoms with Gasteiger partial charge in [-0.3, -0.25) is 20.2 Å². The van der Waals surface area contributed by atoms with Crippen molar-refractivity contribution in [3.8, 4) is 5.75 Å². The maximum Gasteiger partial charge on any atom is 0.269 e. The number of benzene rings is 1. The number of pyridine rings is 1. The predicted molar refractivity (Wildman–Crippen MR) is 104 cm³/mol. The van der Waals surface area contributed by atoms with Gasteiger partial charge in [0.15, 0.2) is 11.6 Å². The van der Waals surface area contributed by atoms with Gasteiger partial charge in [-0.15, -0.1) is 0 Å². The first kappa shape index (κ1) is 21.1. The molecule has 148 valence electrons. The summed E-state index contributed by atoms with van der Waals surface area (Å²) in [5.74, 6) is -2.16. The number of nitrogens with zero attached hydrogens (tertiary/aromatic N) is 2. The zero-order chi connectivity index (χ0) is 20.4. The van der Waals surface area contributed by atoms with Crippen molar-refractivity contribution in [3.63, 3.8) is 0 Å². The SMILES string of the molecule is CCCCOc1ccccc1CN=CCC(=N)C(=O)Nc1c(F)cncc1F. The summed E-state index contributed by atoms with van der Waals surface area (Å²) in [7, 11) is 0. The number of carbonyl (C=O) groups is 1. The van der Waals surface area contributed by atoms with Crippen LogP contribution in [0.25, 0.3) is 0 Å². The van der Waals surface area contributed by atoms with Crippen LogP contribution in [0, 0.1) is 17.0 Å². The van der Waals surface area contributed by atoms with Crippen molar-refractivity contribution >= 4 is 23.5 Å². The molecule has 0 spiro atoms. The molecular weight excluding hydrogens is 366 g/mol. The molecule has 8 heteroatoms. The van der Waals surface area contributed by atoms with Crippen LogP contribution in [-0.2, 0) is 11.3 Å². The number of anilines is 1. The molecule has 1 amide bonds. The Bertz CT molecular complexity index is 836. The fourth-order valence-corrected chi connectivity index (χ4v) is 2.23. The molecule has 1 heterocycles. The second-order valence-corrected chi connectivity index (χ2v) is 5.95. The highest BCUT2D eigenvalue weighted by Crippen LogP contribution is 2.19. The number of rotatable bonds is 10. The minimum atomic E-state index is -1.01. The van der Waals surface area contributed by atoms with Gasteiger partial charge in [0.25, 0.3) is 5.91 Å². The average Bonchev–Trinajstić information content (AvgIpc) is 2.69. The van der Waals surface area contributed by atoms with Crippen LogP contribution in [0.5, 0.6) is 5.75 Å². The number of amides is 1. The molecule has 0 saturated heterocycles. The van der Waals surface area contributed by atoms with E-state index >= 15 is 0 Å². The van der Waals surface area contributed by atoms with E-state index in [1.54, 1.807) is 0 Å². The third kappa shape index (κ3) is 6.22. The Morgan fingerprint density at radius 3 is 2.71 bits per heavy atom. The van der Waals surface area contributed by atoms with Gasteiger partial charge in [-0.05, 0) is 12.5 Å². The molecule has 0 radical (unpaired) electrons. The summed E-state index contributed by atoms with van der Waals surface area (Å²) < 4.78 is 32.7. The van der Waals surface area contributed by atoms with Gasteiger partial charge in [-0.2, -0.15) is 0 Å². The molecule has 2 aromatic rings. The first-order chi connectivity index (χ1) is 13.5. The quantitative estimate of drug-likeness (QED) is 0.473. The molecule has 0 aliphatic heterocycles. The summed E-state index contributed by atoms with van der Waals surface area (Å²) in [6.45, 7) is 3.05. The summed E-state index contributed by atoms with van der Waals surface area (Å²) >= 11 is 0. The lowest BCUT2D eigenvalue weighted by Gasteiger charge is -2.09. The maximum atomic E-state index is 13.5. The topological polar surface area (TPSA) is 87.4 Å². The minimum Gasteiger partial charge on any atom is -0.493 e. The predicted octanol–water partition coefficient (Wildman–Crippen LogP) is 4.16. The van der Waals surface area contributed by atoms with Crippen molar-refractivity contribution in [3.05, 3.63) is 53.9 Å². The van der Waals surface area contributed by atoms with E-state index in [0.29, 0.717) is 13.2 Å². The van der Waals surface area contributed by atoms with Crippen molar-refractivity contribution in [2.45, 2.75) is 32.7 Å². The van der Waals surface area contributed by atoms with Crippen molar-refractivity contribution < 1.29 is 18.3 Å². The van der Waals surface area contributed by atoms with E-state index in [1.165, 1.54) is 6.21 Å². The normalized spacial score (nSPS) is 10.8. The van der Waals surface area contributed by atoms with Crippen molar-refractivity contribution in [1.82, 2.24) is 4.98 Å². The molecule has 0 saturated carbocycles. The van der Waals surface area contributed by atoms with E-state index in [0.717, 1.165) is 36.5 Å². The van der Waals surface area contributed by atoms with E-state index < -0.39 is 23.2 Å².